The summed E-state index contributed by atoms with van der Waals surface area (Å²) in [5.74, 6) is -0.892. The zero-order chi connectivity index (χ0) is 24.1. The molecule has 32 heavy (non-hydrogen) atoms. The molecule has 2 aromatic rings. The van der Waals surface area contributed by atoms with E-state index in [0.29, 0.717) is 33.4 Å². The monoisotopic (exact) mass is 499 g/mol. The molecule has 1 atom stereocenters. The maximum atomic E-state index is 13.4. The third-order valence-corrected chi connectivity index (χ3v) is 6.65. The van der Waals surface area contributed by atoms with Gasteiger partial charge in [-0.1, -0.05) is 47.5 Å². The predicted molar refractivity (Wildman–Crippen MR) is 129 cm³/mol. The first-order chi connectivity index (χ1) is 15.0. The topological polar surface area (TPSA) is 86.8 Å². The van der Waals surface area contributed by atoms with Gasteiger partial charge in [-0.3, -0.25) is 13.9 Å². The Morgan fingerprint density at radius 3 is 2.34 bits per heavy atom. The highest BCUT2D eigenvalue weighted by molar-refractivity contribution is 7.92. The Morgan fingerprint density at radius 2 is 1.78 bits per heavy atom. The smallest absolute Gasteiger partial charge is 0.244 e. The van der Waals surface area contributed by atoms with Crippen LogP contribution in [0.5, 0.6) is 0 Å². The van der Waals surface area contributed by atoms with Crippen LogP contribution in [-0.4, -0.2) is 50.5 Å². The number of aryl methyl sites for hydroxylation is 1. The van der Waals surface area contributed by atoms with Crippen LogP contribution in [0.2, 0.25) is 10.0 Å². The molecule has 0 bridgehead atoms. The number of rotatable bonds is 9. The highest BCUT2D eigenvalue weighted by Gasteiger charge is 2.30. The fourth-order valence-corrected chi connectivity index (χ4v) is 4.55. The molecule has 7 nitrogen and oxygen atoms in total. The summed E-state index contributed by atoms with van der Waals surface area (Å²) in [7, 11) is -3.77. The van der Waals surface area contributed by atoms with E-state index >= 15 is 0 Å². The summed E-state index contributed by atoms with van der Waals surface area (Å²) in [5.41, 5.74) is 1.69. The lowest BCUT2D eigenvalue weighted by Gasteiger charge is -2.32. The zero-order valence-electron chi connectivity index (χ0n) is 18.4. The number of likely N-dealkylation sites (N-methyl/N-ethyl adjacent to an activating group) is 1. The summed E-state index contributed by atoms with van der Waals surface area (Å²) in [5, 5.41) is 3.48. The van der Waals surface area contributed by atoms with Gasteiger partial charge in [-0.2, -0.15) is 0 Å². The lowest BCUT2D eigenvalue weighted by Crippen LogP contribution is -2.51. The lowest BCUT2D eigenvalue weighted by atomic mass is 10.1. The van der Waals surface area contributed by atoms with Crippen LogP contribution in [0, 0.1) is 6.92 Å². The van der Waals surface area contributed by atoms with E-state index in [4.69, 9.17) is 23.2 Å². The maximum Gasteiger partial charge on any atom is 0.244 e. The summed E-state index contributed by atoms with van der Waals surface area (Å²) in [6, 6.07) is 10.9. The van der Waals surface area contributed by atoms with Gasteiger partial charge in [-0.25, -0.2) is 8.42 Å². The highest BCUT2D eigenvalue weighted by atomic mass is 35.5. The van der Waals surface area contributed by atoms with Crippen LogP contribution in [0.3, 0.4) is 0 Å². The molecule has 0 aliphatic rings. The Kier molecular flexibility index (Phi) is 8.95. The van der Waals surface area contributed by atoms with Crippen LogP contribution >= 0.6 is 23.2 Å². The first kappa shape index (κ1) is 26.0. The molecule has 1 unspecified atom stereocenters. The number of nitrogens with zero attached hydrogens (tertiary/aromatic N) is 2. The van der Waals surface area contributed by atoms with Crippen molar-refractivity contribution in [2.45, 2.75) is 33.4 Å². The number of sulfonamides is 1. The van der Waals surface area contributed by atoms with Gasteiger partial charge in [0.25, 0.3) is 0 Å². The second-order valence-electron chi connectivity index (χ2n) is 7.38. The number of para-hydroxylation sites is 1. The molecule has 0 saturated carbocycles. The van der Waals surface area contributed by atoms with E-state index in [0.717, 1.165) is 10.6 Å². The summed E-state index contributed by atoms with van der Waals surface area (Å²) in [6.45, 7) is 5.07. The number of carbonyl (C=O) groups excluding carboxylic acids is 2. The largest absolute Gasteiger partial charge is 0.355 e. The van der Waals surface area contributed by atoms with Crippen molar-refractivity contribution in [1.29, 1.82) is 0 Å². The predicted octanol–water partition coefficient (Wildman–Crippen LogP) is 3.62. The van der Waals surface area contributed by atoms with Gasteiger partial charge in [-0.15, -0.1) is 0 Å². The Balaban J connectivity index is 2.43. The Morgan fingerprint density at radius 1 is 1.12 bits per heavy atom. The molecule has 0 saturated heterocycles. The molecule has 174 valence electrons. The van der Waals surface area contributed by atoms with Crippen LogP contribution in [0.4, 0.5) is 5.69 Å². The minimum absolute atomic E-state index is 0.0124. The van der Waals surface area contributed by atoms with Gasteiger partial charge in [0.1, 0.15) is 12.6 Å². The fourth-order valence-electron chi connectivity index (χ4n) is 3.18. The molecule has 0 aliphatic heterocycles. The van der Waals surface area contributed by atoms with Crippen molar-refractivity contribution in [3.05, 3.63) is 63.6 Å². The SMILES string of the molecule is CCNC(=O)C(C)N(Cc1ccc(Cl)cc1Cl)C(=O)CN(c1ccccc1C)S(C)(=O)=O. The highest BCUT2D eigenvalue weighted by Crippen LogP contribution is 2.25. The number of hydrogen-bond acceptors (Lipinski definition) is 4. The van der Waals surface area contributed by atoms with Gasteiger partial charge in [0.15, 0.2) is 0 Å². The maximum absolute atomic E-state index is 13.4. The quantitative estimate of drug-likeness (QED) is 0.570. The second kappa shape index (κ2) is 11.0. The van der Waals surface area contributed by atoms with Crippen molar-refractivity contribution >= 4 is 50.7 Å². The fraction of sp³-hybridized carbons (Fsp3) is 0.364. The van der Waals surface area contributed by atoms with Gasteiger partial charge in [0, 0.05) is 23.1 Å². The minimum Gasteiger partial charge on any atom is -0.355 e. The summed E-state index contributed by atoms with van der Waals surface area (Å²) >= 11 is 12.3. The number of anilines is 1. The van der Waals surface area contributed by atoms with E-state index in [2.05, 4.69) is 5.32 Å². The van der Waals surface area contributed by atoms with Crippen molar-refractivity contribution in [3.8, 4) is 0 Å². The summed E-state index contributed by atoms with van der Waals surface area (Å²) < 4.78 is 26.1. The van der Waals surface area contributed by atoms with Crippen LogP contribution in [-0.2, 0) is 26.2 Å². The molecule has 0 aromatic heterocycles. The summed E-state index contributed by atoms with van der Waals surface area (Å²) in [6.07, 6.45) is 1.04. The Hall–Kier alpha value is -2.29. The average molecular weight is 500 g/mol. The molecule has 0 aliphatic carbocycles. The van der Waals surface area contributed by atoms with E-state index in [9.17, 15) is 18.0 Å². The van der Waals surface area contributed by atoms with Gasteiger partial charge in [0.05, 0.1) is 11.9 Å². The molecule has 2 rings (SSSR count). The molecule has 1 N–H and O–H groups in total. The summed E-state index contributed by atoms with van der Waals surface area (Å²) in [4.78, 5) is 27.2. The van der Waals surface area contributed by atoms with E-state index < -0.39 is 28.5 Å². The molecular weight excluding hydrogens is 473 g/mol. The lowest BCUT2D eigenvalue weighted by molar-refractivity contribution is -0.139. The molecule has 10 heteroatoms. The third-order valence-electron chi connectivity index (χ3n) is 4.94. The molecule has 0 spiro atoms. The first-order valence-electron chi connectivity index (χ1n) is 10.00. The van der Waals surface area contributed by atoms with Crippen molar-refractivity contribution in [2.24, 2.45) is 0 Å². The zero-order valence-corrected chi connectivity index (χ0v) is 20.8. The van der Waals surface area contributed by atoms with E-state index in [1.807, 2.05) is 0 Å². The molecule has 0 radical (unpaired) electrons. The van der Waals surface area contributed by atoms with Crippen LogP contribution in [0.15, 0.2) is 42.5 Å². The normalized spacial score (nSPS) is 12.2. The number of amides is 2. The van der Waals surface area contributed by atoms with Gasteiger partial charge < -0.3 is 10.2 Å². The van der Waals surface area contributed by atoms with Gasteiger partial charge in [0.2, 0.25) is 21.8 Å². The number of carbonyl (C=O) groups is 2. The van der Waals surface area contributed by atoms with Gasteiger partial charge >= 0.3 is 0 Å². The van der Waals surface area contributed by atoms with Gasteiger partial charge in [-0.05, 0) is 50.1 Å². The molecule has 0 heterocycles. The average Bonchev–Trinajstić information content (AvgIpc) is 2.71. The third kappa shape index (κ3) is 6.60. The van der Waals surface area contributed by atoms with Crippen molar-refractivity contribution in [3.63, 3.8) is 0 Å². The molecule has 0 fully saturated rings. The minimum atomic E-state index is -3.77. The van der Waals surface area contributed by atoms with E-state index in [1.165, 1.54) is 4.90 Å². The number of nitrogens with one attached hydrogen (secondary N) is 1. The molecular formula is C22H27Cl2N3O4S. The van der Waals surface area contributed by atoms with E-state index in [1.54, 1.807) is 63.2 Å². The molecule has 2 aromatic carbocycles. The van der Waals surface area contributed by atoms with Crippen molar-refractivity contribution in [1.82, 2.24) is 10.2 Å². The second-order valence-corrected chi connectivity index (χ2v) is 10.1. The molecule has 2 amide bonds. The Labute approximate surface area is 199 Å². The number of hydrogen-bond donors (Lipinski definition) is 1. The standard InChI is InChI=1S/C22H27Cl2N3O4S/c1-5-25-22(29)16(3)26(13-17-10-11-18(23)12-19(17)24)21(28)14-27(32(4,30)31)20-9-7-6-8-15(20)2/h6-12,16H,5,13-14H2,1-4H3,(H,25,29). The first-order valence-corrected chi connectivity index (χ1v) is 12.6. The van der Waals surface area contributed by atoms with Crippen molar-refractivity contribution in [2.75, 3.05) is 23.7 Å². The van der Waals surface area contributed by atoms with Crippen LogP contribution in [0.1, 0.15) is 25.0 Å². The Bertz CT molecular complexity index is 1090. The van der Waals surface area contributed by atoms with Crippen molar-refractivity contribution < 1.29 is 18.0 Å². The van der Waals surface area contributed by atoms with E-state index in [-0.39, 0.29) is 12.5 Å². The number of halogens is 2. The van der Waals surface area contributed by atoms with Crippen LogP contribution in [0.25, 0.3) is 0 Å². The number of benzene rings is 2. The van der Waals surface area contributed by atoms with Crippen LogP contribution < -0.4 is 9.62 Å².